The molecular formula is C24H38Cl2N4O. The number of para-hydroxylation sites is 2. The van der Waals surface area contributed by atoms with Gasteiger partial charge in [-0.25, -0.2) is 4.98 Å². The van der Waals surface area contributed by atoms with E-state index >= 15 is 0 Å². The Kier molecular flexibility index (Phi) is 9.66. The van der Waals surface area contributed by atoms with Crippen LogP contribution in [0.25, 0.3) is 11.0 Å². The van der Waals surface area contributed by atoms with Crippen molar-refractivity contribution in [2.24, 2.45) is 11.8 Å². The van der Waals surface area contributed by atoms with E-state index in [0.717, 1.165) is 50.4 Å². The molecule has 0 radical (unpaired) electrons. The van der Waals surface area contributed by atoms with Crippen LogP contribution in [0.1, 0.15) is 70.7 Å². The summed E-state index contributed by atoms with van der Waals surface area (Å²) < 4.78 is 2.38. The normalized spacial score (nSPS) is 20.9. The molecule has 31 heavy (non-hydrogen) atoms. The highest BCUT2D eigenvalue weighted by molar-refractivity contribution is 5.85. The molecule has 0 saturated carbocycles. The second-order valence-electron chi connectivity index (χ2n) is 9.37. The topological polar surface area (TPSA) is 50.2 Å². The predicted octanol–water partition coefficient (Wildman–Crippen LogP) is 5.19. The van der Waals surface area contributed by atoms with Crippen molar-refractivity contribution in [2.45, 2.75) is 64.8 Å². The highest BCUT2D eigenvalue weighted by Crippen LogP contribution is 2.32. The van der Waals surface area contributed by atoms with E-state index in [0.29, 0.717) is 36.1 Å². The van der Waals surface area contributed by atoms with Gasteiger partial charge in [-0.05, 0) is 76.6 Å². The summed E-state index contributed by atoms with van der Waals surface area (Å²) in [5, 5.41) is 3.43. The van der Waals surface area contributed by atoms with E-state index in [2.05, 4.69) is 59.8 Å². The number of carbonyl (C=O) groups excluding carboxylic acids is 1. The van der Waals surface area contributed by atoms with Crippen molar-refractivity contribution in [3.05, 3.63) is 30.1 Å². The minimum atomic E-state index is 0. The Labute approximate surface area is 199 Å². The highest BCUT2D eigenvalue weighted by Gasteiger charge is 2.31. The van der Waals surface area contributed by atoms with E-state index in [4.69, 9.17) is 4.98 Å². The average molecular weight is 470 g/mol. The summed E-state index contributed by atoms with van der Waals surface area (Å²) in [7, 11) is 0. The van der Waals surface area contributed by atoms with Gasteiger partial charge < -0.3 is 14.8 Å². The molecule has 1 amide bonds. The van der Waals surface area contributed by atoms with Gasteiger partial charge >= 0.3 is 0 Å². The van der Waals surface area contributed by atoms with Crippen molar-refractivity contribution < 1.29 is 4.79 Å². The number of fused-ring (bicyclic) bond motifs is 1. The highest BCUT2D eigenvalue weighted by atomic mass is 35.5. The molecule has 2 aliphatic heterocycles. The number of aromatic nitrogens is 2. The number of nitrogens with zero attached hydrogens (tertiary/aromatic N) is 3. The molecule has 0 bridgehead atoms. The summed E-state index contributed by atoms with van der Waals surface area (Å²) in [4.78, 5) is 20.2. The van der Waals surface area contributed by atoms with Gasteiger partial charge in [0.05, 0.1) is 11.0 Å². The molecule has 5 nitrogen and oxygen atoms in total. The second kappa shape index (κ2) is 11.5. The Hall–Kier alpha value is -1.30. The van der Waals surface area contributed by atoms with E-state index in [1.54, 1.807) is 0 Å². The van der Waals surface area contributed by atoms with Crippen LogP contribution in [0.2, 0.25) is 0 Å². The number of hydrogen-bond acceptors (Lipinski definition) is 3. The van der Waals surface area contributed by atoms with E-state index < -0.39 is 0 Å². The number of likely N-dealkylation sites (tertiary alicyclic amines) is 1. The lowest BCUT2D eigenvalue weighted by Crippen LogP contribution is -2.41. The molecule has 1 aromatic heterocycles. The summed E-state index contributed by atoms with van der Waals surface area (Å²) >= 11 is 0. The molecule has 2 saturated heterocycles. The van der Waals surface area contributed by atoms with Crippen molar-refractivity contribution in [3.63, 3.8) is 0 Å². The van der Waals surface area contributed by atoms with E-state index in [9.17, 15) is 4.79 Å². The maximum absolute atomic E-state index is 13.1. The molecule has 2 unspecified atom stereocenters. The largest absolute Gasteiger partial charge is 0.342 e. The molecule has 2 atom stereocenters. The Balaban J connectivity index is 0.00000171. The third kappa shape index (κ3) is 5.74. The number of benzene rings is 1. The van der Waals surface area contributed by atoms with Crippen LogP contribution in [0.4, 0.5) is 0 Å². The summed E-state index contributed by atoms with van der Waals surface area (Å²) in [5.74, 6) is 2.99. The fourth-order valence-electron chi connectivity index (χ4n) is 5.29. The lowest BCUT2D eigenvalue weighted by molar-refractivity contribution is -0.133. The number of rotatable bonds is 5. The van der Waals surface area contributed by atoms with Crippen LogP contribution in [0.15, 0.2) is 24.3 Å². The lowest BCUT2D eigenvalue weighted by atomic mass is 9.83. The number of imidazole rings is 1. The van der Waals surface area contributed by atoms with Gasteiger partial charge in [-0.1, -0.05) is 19.1 Å². The van der Waals surface area contributed by atoms with Crippen LogP contribution >= 0.6 is 24.8 Å². The van der Waals surface area contributed by atoms with Gasteiger partial charge in [0.15, 0.2) is 0 Å². The fraction of sp³-hybridized carbons (Fsp3) is 0.667. The summed E-state index contributed by atoms with van der Waals surface area (Å²) in [6.07, 6.45) is 5.28. The smallest absolute Gasteiger partial charge is 0.222 e. The standard InChI is InChI=1S/C24H36N4O.2ClH/c1-17(2)28-22-9-5-4-8-21(22)26-24(28)20-7-6-14-27(16-20)23(29)15-18(3)19-10-12-25-13-11-19;;/h4-5,8-9,17-20,25H,6-7,10-16H2,1-3H3;2*1H. The van der Waals surface area contributed by atoms with Crippen LogP contribution in [-0.4, -0.2) is 46.5 Å². The zero-order chi connectivity index (χ0) is 20.4. The summed E-state index contributed by atoms with van der Waals surface area (Å²) in [5.41, 5.74) is 2.28. The lowest BCUT2D eigenvalue weighted by Gasteiger charge is -2.35. The zero-order valence-electron chi connectivity index (χ0n) is 19.0. The maximum Gasteiger partial charge on any atom is 0.222 e. The summed E-state index contributed by atoms with van der Waals surface area (Å²) in [6.45, 7) is 10.6. The van der Waals surface area contributed by atoms with Gasteiger partial charge in [-0.2, -0.15) is 0 Å². The van der Waals surface area contributed by atoms with E-state index in [1.165, 1.54) is 18.4 Å². The van der Waals surface area contributed by atoms with Gasteiger partial charge in [-0.15, -0.1) is 24.8 Å². The first-order valence-corrected chi connectivity index (χ1v) is 11.5. The van der Waals surface area contributed by atoms with Crippen molar-refractivity contribution in [3.8, 4) is 0 Å². The number of hydrogen-bond donors (Lipinski definition) is 1. The number of carbonyl (C=O) groups is 1. The maximum atomic E-state index is 13.1. The molecule has 2 aromatic rings. The molecule has 1 aromatic carbocycles. The zero-order valence-corrected chi connectivity index (χ0v) is 20.7. The minimum Gasteiger partial charge on any atom is -0.342 e. The van der Waals surface area contributed by atoms with Gasteiger partial charge in [-0.3, -0.25) is 4.79 Å². The molecule has 174 valence electrons. The molecule has 0 spiro atoms. The van der Waals surface area contributed by atoms with Crippen LogP contribution in [0.3, 0.4) is 0 Å². The van der Waals surface area contributed by atoms with Crippen molar-refractivity contribution in [2.75, 3.05) is 26.2 Å². The van der Waals surface area contributed by atoms with Gasteiger partial charge in [0.1, 0.15) is 5.82 Å². The molecule has 2 fully saturated rings. The molecular weight excluding hydrogens is 431 g/mol. The predicted molar refractivity (Wildman–Crippen MR) is 133 cm³/mol. The van der Waals surface area contributed by atoms with Crippen LogP contribution in [-0.2, 0) is 4.79 Å². The van der Waals surface area contributed by atoms with Crippen molar-refractivity contribution >= 4 is 41.8 Å². The number of halogens is 2. The van der Waals surface area contributed by atoms with Gasteiger partial charge in [0, 0.05) is 31.5 Å². The van der Waals surface area contributed by atoms with Crippen LogP contribution in [0, 0.1) is 11.8 Å². The monoisotopic (exact) mass is 468 g/mol. The molecule has 7 heteroatoms. The molecule has 1 N–H and O–H groups in total. The van der Waals surface area contributed by atoms with Gasteiger partial charge in [0.2, 0.25) is 5.91 Å². The summed E-state index contributed by atoms with van der Waals surface area (Å²) in [6, 6.07) is 8.78. The first kappa shape index (κ1) is 26.0. The molecule has 2 aliphatic rings. The van der Waals surface area contributed by atoms with E-state index in [-0.39, 0.29) is 24.8 Å². The fourth-order valence-corrected chi connectivity index (χ4v) is 5.29. The Bertz CT molecular complexity index is 847. The van der Waals surface area contributed by atoms with Crippen LogP contribution in [0.5, 0.6) is 0 Å². The Morgan fingerprint density at radius 3 is 2.55 bits per heavy atom. The average Bonchev–Trinajstić information content (AvgIpc) is 3.14. The Morgan fingerprint density at radius 2 is 1.84 bits per heavy atom. The van der Waals surface area contributed by atoms with Crippen molar-refractivity contribution in [1.82, 2.24) is 19.8 Å². The SMILES string of the molecule is CC(CC(=O)N1CCCC(c2nc3ccccc3n2C(C)C)C1)C1CCNCC1.Cl.Cl. The molecule has 3 heterocycles. The second-order valence-corrected chi connectivity index (χ2v) is 9.37. The molecule has 4 rings (SSSR count). The Morgan fingerprint density at radius 1 is 1.13 bits per heavy atom. The third-order valence-corrected chi connectivity index (χ3v) is 6.96. The number of amides is 1. The first-order chi connectivity index (χ1) is 14.0. The van der Waals surface area contributed by atoms with Crippen molar-refractivity contribution in [1.29, 1.82) is 0 Å². The number of piperidine rings is 2. The van der Waals surface area contributed by atoms with Gasteiger partial charge in [0.25, 0.3) is 0 Å². The van der Waals surface area contributed by atoms with Crippen LogP contribution < -0.4 is 5.32 Å². The quantitative estimate of drug-likeness (QED) is 0.656. The first-order valence-electron chi connectivity index (χ1n) is 11.5. The third-order valence-electron chi connectivity index (χ3n) is 6.96. The number of nitrogens with one attached hydrogen (secondary N) is 1. The minimum absolute atomic E-state index is 0. The van der Waals surface area contributed by atoms with E-state index in [1.807, 2.05) is 0 Å². The molecule has 0 aliphatic carbocycles.